The van der Waals surface area contributed by atoms with Gasteiger partial charge in [0.25, 0.3) is 0 Å². The fourth-order valence-electron chi connectivity index (χ4n) is 4.43. The number of nitrogens with one attached hydrogen (secondary N) is 1. The normalized spacial score (nSPS) is 11.2. The van der Waals surface area contributed by atoms with Crippen molar-refractivity contribution in [3.8, 4) is 0 Å². The molecule has 0 fully saturated rings. The maximum atomic E-state index is 5.78. The van der Waals surface area contributed by atoms with Gasteiger partial charge in [-0.3, -0.25) is 10.3 Å². The molecular weight excluding hydrogens is 390 g/mol. The lowest BCUT2D eigenvalue weighted by atomic mass is 10.0. The number of hydrogen-bond acceptors (Lipinski definition) is 2. The van der Waals surface area contributed by atoms with Gasteiger partial charge in [0.2, 0.25) is 0 Å². The molecular formula is C30H55NO. The van der Waals surface area contributed by atoms with Crippen LogP contribution in [0.1, 0.15) is 148 Å². The third-order valence-corrected chi connectivity index (χ3v) is 6.60. The molecule has 0 radical (unpaired) electrons. The Morgan fingerprint density at radius 1 is 0.531 bits per heavy atom. The SMILES string of the molecule is CCCCCCCCCCCCCCONc1ccccc1CCCCCCCCCC. The van der Waals surface area contributed by atoms with Gasteiger partial charge in [0, 0.05) is 0 Å². The third kappa shape index (κ3) is 17.5. The van der Waals surface area contributed by atoms with Gasteiger partial charge in [-0.1, -0.05) is 148 Å². The summed E-state index contributed by atoms with van der Waals surface area (Å²) in [7, 11) is 0. The third-order valence-electron chi connectivity index (χ3n) is 6.60. The monoisotopic (exact) mass is 445 g/mol. The molecule has 0 amide bonds. The van der Waals surface area contributed by atoms with Crippen molar-refractivity contribution < 1.29 is 4.84 Å². The second-order valence-corrected chi connectivity index (χ2v) is 9.72. The van der Waals surface area contributed by atoms with Gasteiger partial charge in [-0.15, -0.1) is 0 Å². The highest BCUT2D eigenvalue weighted by molar-refractivity contribution is 5.49. The van der Waals surface area contributed by atoms with Gasteiger partial charge >= 0.3 is 0 Å². The molecule has 32 heavy (non-hydrogen) atoms. The Hall–Kier alpha value is -1.02. The first-order valence-corrected chi connectivity index (χ1v) is 14.3. The number of aryl methyl sites for hydroxylation is 1. The Labute approximate surface area is 201 Å². The van der Waals surface area contributed by atoms with Crippen LogP contribution in [-0.4, -0.2) is 6.61 Å². The van der Waals surface area contributed by atoms with Crippen molar-refractivity contribution in [3.05, 3.63) is 29.8 Å². The van der Waals surface area contributed by atoms with Crippen LogP contribution in [0.5, 0.6) is 0 Å². The lowest BCUT2D eigenvalue weighted by molar-refractivity contribution is 0.187. The molecule has 2 nitrogen and oxygen atoms in total. The van der Waals surface area contributed by atoms with Gasteiger partial charge in [-0.25, -0.2) is 0 Å². The summed E-state index contributed by atoms with van der Waals surface area (Å²) in [6.45, 7) is 5.39. The Kier molecular flexibility index (Phi) is 21.0. The summed E-state index contributed by atoms with van der Waals surface area (Å²) in [5.74, 6) is 0. The zero-order valence-corrected chi connectivity index (χ0v) is 21.8. The summed E-state index contributed by atoms with van der Waals surface area (Å²) in [5, 5.41) is 0. The Morgan fingerprint density at radius 3 is 1.50 bits per heavy atom. The molecule has 2 heteroatoms. The largest absolute Gasteiger partial charge is 0.276 e. The van der Waals surface area contributed by atoms with Crippen LogP contribution >= 0.6 is 0 Å². The number of anilines is 1. The first-order chi connectivity index (χ1) is 15.9. The van der Waals surface area contributed by atoms with Crippen molar-refractivity contribution in [2.45, 2.75) is 149 Å². The Balaban J connectivity index is 1.96. The van der Waals surface area contributed by atoms with Crippen LogP contribution in [0.2, 0.25) is 0 Å². The summed E-state index contributed by atoms with van der Waals surface area (Å²) < 4.78 is 0. The van der Waals surface area contributed by atoms with E-state index < -0.39 is 0 Å². The second-order valence-electron chi connectivity index (χ2n) is 9.72. The van der Waals surface area contributed by atoms with E-state index in [1.54, 1.807) is 0 Å². The highest BCUT2D eigenvalue weighted by atomic mass is 16.6. The predicted molar refractivity (Wildman–Crippen MR) is 143 cm³/mol. The van der Waals surface area contributed by atoms with Crippen LogP contribution in [0.15, 0.2) is 24.3 Å². The van der Waals surface area contributed by atoms with Crippen LogP contribution in [-0.2, 0) is 11.3 Å². The zero-order valence-electron chi connectivity index (χ0n) is 21.8. The van der Waals surface area contributed by atoms with Gasteiger partial charge in [0.1, 0.15) is 0 Å². The standard InChI is InChI=1S/C30H55NO/c1-3-5-7-9-11-13-14-15-16-18-20-24-28-32-31-30-27-23-22-26-29(30)25-21-19-17-12-10-8-6-4-2/h22-23,26-27,31H,3-21,24-25,28H2,1-2H3. The minimum atomic E-state index is 0.809. The van der Waals surface area contributed by atoms with Crippen molar-refractivity contribution in [1.82, 2.24) is 0 Å². The summed E-state index contributed by atoms with van der Waals surface area (Å²) in [6.07, 6.45) is 28.7. The summed E-state index contributed by atoms with van der Waals surface area (Å²) in [5.41, 5.74) is 5.79. The van der Waals surface area contributed by atoms with Crippen LogP contribution in [0, 0.1) is 0 Å². The maximum absolute atomic E-state index is 5.78. The fraction of sp³-hybridized carbons (Fsp3) is 0.800. The number of para-hydroxylation sites is 1. The number of rotatable bonds is 24. The first kappa shape index (κ1) is 29.0. The molecule has 0 aromatic heterocycles. The van der Waals surface area contributed by atoms with Gasteiger partial charge in [-0.05, 0) is 30.9 Å². The van der Waals surface area contributed by atoms with E-state index in [-0.39, 0.29) is 0 Å². The van der Waals surface area contributed by atoms with Gasteiger partial charge < -0.3 is 0 Å². The lowest BCUT2D eigenvalue weighted by Gasteiger charge is -2.12. The summed E-state index contributed by atoms with van der Waals surface area (Å²) in [6, 6.07) is 8.66. The topological polar surface area (TPSA) is 21.3 Å². The fourth-order valence-corrected chi connectivity index (χ4v) is 4.43. The molecule has 0 aliphatic heterocycles. The van der Waals surface area contributed by atoms with E-state index in [1.165, 1.54) is 128 Å². The highest BCUT2D eigenvalue weighted by Gasteiger charge is 2.02. The molecule has 0 unspecified atom stereocenters. The molecule has 0 spiro atoms. The van der Waals surface area contributed by atoms with Crippen molar-refractivity contribution in [2.24, 2.45) is 0 Å². The molecule has 0 saturated heterocycles. The quantitative estimate of drug-likeness (QED) is 0.126. The van der Waals surface area contributed by atoms with Crippen LogP contribution in [0.4, 0.5) is 5.69 Å². The predicted octanol–water partition coefficient (Wildman–Crippen LogP) is 10.4. The molecule has 1 aromatic rings. The molecule has 1 rings (SSSR count). The molecule has 0 bridgehead atoms. The molecule has 0 heterocycles. The number of hydrogen-bond donors (Lipinski definition) is 1. The summed E-state index contributed by atoms with van der Waals surface area (Å²) in [4.78, 5) is 5.78. The van der Waals surface area contributed by atoms with E-state index in [9.17, 15) is 0 Å². The summed E-state index contributed by atoms with van der Waals surface area (Å²) >= 11 is 0. The minimum absolute atomic E-state index is 0.809. The van der Waals surface area contributed by atoms with E-state index >= 15 is 0 Å². The molecule has 0 aliphatic rings. The Morgan fingerprint density at radius 2 is 0.969 bits per heavy atom. The van der Waals surface area contributed by atoms with Crippen LogP contribution in [0.3, 0.4) is 0 Å². The molecule has 0 atom stereocenters. The van der Waals surface area contributed by atoms with E-state index in [4.69, 9.17) is 4.84 Å². The van der Waals surface area contributed by atoms with Gasteiger partial charge in [0.05, 0.1) is 12.3 Å². The Bertz CT molecular complexity index is 501. The van der Waals surface area contributed by atoms with Gasteiger partial charge in [-0.2, -0.15) is 0 Å². The van der Waals surface area contributed by atoms with Crippen molar-refractivity contribution in [2.75, 3.05) is 12.1 Å². The zero-order chi connectivity index (χ0) is 23.0. The van der Waals surface area contributed by atoms with E-state index in [1.807, 2.05) is 0 Å². The molecule has 186 valence electrons. The van der Waals surface area contributed by atoms with Crippen molar-refractivity contribution in [3.63, 3.8) is 0 Å². The van der Waals surface area contributed by atoms with Crippen molar-refractivity contribution in [1.29, 1.82) is 0 Å². The molecule has 1 N–H and O–H groups in total. The smallest absolute Gasteiger partial charge is 0.0746 e. The average molecular weight is 446 g/mol. The molecule has 1 aromatic carbocycles. The van der Waals surface area contributed by atoms with E-state index in [0.717, 1.165) is 25.1 Å². The second kappa shape index (κ2) is 23.1. The lowest BCUT2D eigenvalue weighted by Crippen LogP contribution is -2.05. The van der Waals surface area contributed by atoms with Crippen molar-refractivity contribution >= 4 is 5.69 Å². The molecule has 0 aliphatic carbocycles. The highest BCUT2D eigenvalue weighted by Crippen LogP contribution is 2.19. The minimum Gasteiger partial charge on any atom is -0.276 e. The number of benzene rings is 1. The van der Waals surface area contributed by atoms with E-state index in [2.05, 4.69) is 43.6 Å². The number of unbranched alkanes of at least 4 members (excludes halogenated alkanes) is 18. The first-order valence-electron chi connectivity index (χ1n) is 14.3. The van der Waals surface area contributed by atoms with E-state index in [0.29, 0.717) is 0 Å². The van der Waals surface area contributed by atoms with Crippen LogP contribution in [0.25, 0.3) is 0 Å². The maximum Gasteiger partial charge on any atom is 0.0746 e. The van der Waals surface area contributed by atoms with Gasteiger partial charge in [0.15, 0.2) is 0 Å². The van der Waals surface area contributed by atoms with Crippen LogP contribution < -0.4 is 5.48 Å². The molecule has 0 saturated carbocycles. The average Bonchev–Trinajstić information content (AvgIpc) is 2.82.